The van der Waals surface area contributed by atoms with Gasteiger partial charge in [-0.05, 0) is 5.56 Å². The molecule has 3 atom stereocenters. The van der Waals surface area contributed by atoms with Gasteiger partial charge in [-0.15, -0.1) is 0 Å². The van der Waals surface area contributed by atoms with Crippen LogP contribution in [0.15, 0.2) is 30.3 Å². The lowest BCUT2D eigenvalue weighted by molar-refractivity contribution is -0.192. The quantitative estimate of drug-likeness (QED) is 0.769. The first-order valence-corrected chi connectivity index (χ1v) is 5.63. The second kappa shape index (κ2) is 4.00. The third-order valence-corrected chi connectivity index (χ3v) is 3.40. The molecule has 2 fully saturated rings. The zero-order valence-electron chi connectivity index (χ0n) is 8.96. The highest BCUT2D eigenvalue weighted by molar-refractivity contribution is 5.91. The number of carbonyl (C=O) groups is 1. The molecule has 1 unspecified atom stereocenters. The molecular formula is C13H14O3. The third-order valence-electron chi connectivity index (χ3n) is 3.40. The maximum Gasteiger partial charge on any atom is 0.148 e. The van der Waals surface area contributed by atoms with Crippen LogP contribution in [0.3, 0.4) is 0 Å². The van der Waals surface area contributed by atoms with Crippen molar-refractivity contribution in [2.24, 2.45) is 11.8 Å². The van der Waals surface area contributed by atoms with Crippen LogP contribution >= 0.6 is 0 Å². The smallest absolute Gasteiger partial charge is 0.148 e. The molecule has 1 heterocycles. The molecule has 1 aliphatic heterocycles. The average molecular weight is 218 g/mol. The van der Waals surface area contributed by atoms with E-state index in [0.29, 0.717) is 25.6 Å². The van der Waals surface area contributed by atoms with Gasteiger partial charge in [0.15, 0.2) is 0 Å². The van der Waals surface area contributed by atoms with Crippen molar-refractivity contribution in [2.75, 3.05) is 13.2 Å². The summed E-state index contributed by atoms with van der Waals surface area (Å²) in [6.07, 6.45) is 0.0847. The molecule has 0 aromatic heterocycles. The number of rotatable bonds is 3. The van der Waals surface area contributed by atoms with E-state index in [0.717, 1.165) is 5.56 Å². The predicted molar refractivity (Wildman–Crippen MR) is 57.8 cm³/mol. The van der Waals surface area contributed by atoms with Gasteiger partial charge in [-0.3, -0.25) is 4.79 Å². The van der Waals surface area contributed by atoms with Gasteiger partial charge in [0, 0.05) is 0 Å². The van der Waals surface area contributed by atoms with Gasteiger partial charge >= 0.3 is 0 Å². The second-order valence-electron chi connectivity index (χ2n) is 4.41. The highest BCUT2D eigenvalue weighted by atomic mass is 16.5. The summed E-state index contributed by atoms with van der Waals surface area (Å²) in [6.45, 7) is 1.66. The van der Waals surface area contributed by atoms with Crippen molar-refractivity contribution < 1.29 is 14.3 Å². The van der Waals surface area contributed by atoms with Crippen LogP contribution in [0.1, 0.15) is 5.56 Å². The second-order valence-corrected chi connectivity index (χ2v) is 4.41. The topological polar surface area (TPSA) is 35.5 Å². The molecule has 3 heteroatoms. The summed E-state index contributed by atoms with van der Waals surface area (Å²) >= 11 is 0. The summed E-state index contributed by atoms with van der Waals surface area (Å²) < 4.78 is 11.1. The zero-order valence-corrected chi connectivity index (χ0v) is 8.96. The summed E-state index contributed by atoms with van der Waals surface area (Å²) in [6, 6.07) is 10.0. The molecule has 0 amide bonds. The number of carbonyl (C=O) groups excluding carboxylic acids is 1. The molecule has 2 aliphatic rings. The van der Waals surface area contributed by atoms with Crippen LogP contribution in [0.25, 0.3) is 0 Å². The molecule has 2 bridgehead atoms. The lowest BCUT2D eigenvalue weighted by Crippen LogP contribution is -2.60. The van der Waals surface area contributed by atoms with E-state index in [4.69, 9.17) is 9.47 Å². The zero-order chi connectivity index (χ0) is 11.0. The van der Waals surface area contributed by atoms with Crippen LogP contribution in [0.2, 0.25) is 0 Å². The summed E-state index contributed by atoms with van der Waals surface area (Å²) in [5.74, 6) is 0.300. The van der Waals surface area contributed by atoms with E-state index in [1.54, 1.807) is 0 Å². The fraction of sp³-hybridized carbons (Fsp3) is 0.462. The van der Waals surface area contributed by atoms with Gasteiger partial charge < -0.3 is 9.47 Å². The van der Waals surface area contributed by atoms with Gasteiger partial charge in [-0.25, -0.2) is 0 Å². The van der Waals surface area contributed by atoms with E-state index < -0.39 is 0 Å². The molecule has 0 spiro atoms. The van der Waals surface area contributed by atoms with Gasteiger partial charge in [-0.1, -0.05) is 30.3 Å². The van der Waals surface area contributed by atoms with Crippen LogP contribution < -0.4 is 0 Å². The normalized spacial score (nSPS) is 32.2. The van der Waals surface area contributed by atoms with E-state index in [1.165, 1.54) is 0 Å². The highest BCUT2D eigenvalue weighted by Gasteiger charge is 2.53. The van der Waals surface area contributed by atoms with Crippen molar-refractivity contribution in [2.45, 2.75) is 12.7 Å². The van der Waals surface area contributed by atoms with Crippen LogP contribution in [0.4, 0.5) is 0 Å². The van der Waals surface area contributed by atoms with E-state index in [1.807, 2.05) is 30.3 Å². The molecule has 1 aromatic carbocycles. The van der Waals surface area contributed by atoms with Crippen molar-refractivity contribution in [1.29, 1.82) is 0 Å². The first-order chi connectivity index (χ1) is 7.86. The molecule has 3 nitrogen and oxygen atoms in total. The highest BCUT2D eigenvalue weighted by Crippen LogP contribution is 2.38. The number of benzene rings is 1. The van der Waals surface area contributed by atoms with Crippen LogP contribution in [-0.4, -0.2) is 25.1 Å². The Labute approximate surface area is 94.4 Å². The van der Waals surface area contributed by atoms with Crippen molar-refractivity contribution >= 4 is 5.78 Å². The molecule has 0 radical (unpaired) electrons. The maximum atomic E-state index is 11.5. The SMILES string of the molecule is O=C1[C@H]2COC[C@@H]1C2OCc1ccccc1. The lowest BCUT2D eigenvalue weighted by Gasteiger charge is -2.46. The summed E-state index contributed by atoms with van der Waals surface area (Å²) in [5, 5.41) is 0. The number of ketones is 1. The number of Topliss-reactive ketones (excluding diaryl/α,β-unsaturated/α-hetero) is 1. The third kappa shape index (κ3) is 1.56. The summed E-state index contributed by atoms with van der Waals surface area (Å²) in [7, 11) is 0. The molecule has 84 valence electrons. The van der Waals surface area contributed by atoms with Gasteiger partial charge in [0.1, 0.15) is 5.78 Å². The Hall–Kier alpha value is -1.19. The molecule has 3 rings (SSSR count). The fourth-order valence-electron chi connectivity index (χ4n) is 2.44. The Kier molecular flexibility index (Phi) is 2.50. The minimum Gasteiger partial charge on any atom is -0.380 e. The Morgan fingerprint density at radius 2 is 1.88 bits per heavy atom. The number of ether oxygens (including phenoxy) is 2. The molecule has 0 N–H and O–H groups in total. The number of hydrogen-bond acceptors (Lipinski definition) is 3. The number of hydrogen-bond donors (Lipinski definition) is 0. The van der Waals surface area contributed by atoms with Crippen LogP contribution in [-0.2, 0) is 20.9 Å². The first kappa shape index (κ1) is 10.00. The van der Waals surface area contributed by atoms with Gasteiger partial charge in [0.25, 0.3) is 0 Å². The van der Waals surface area contributed by atoms with Gasteiger partial charge in [-0.2, -0.15) is 0 Å². The summed E-state index contributed by atoms with van der Waals surface area (Å²) in [4.78, 5) is 11.5. The van der Waals surface area contributed by atoms with E-state index in [-0.39, 0.29) is 17.9 Å². The van der Waals surface area contributed by atoms with E-state index in [2.05, 4.69) is 0 Å². The number of fused-ring (bicyclic) bond motifs is 2. The molecule has 1 saturated heterocycles. The van der Waals surface area contributed by atoms with E-state index in [9.17, 15) is 4.79 Å². The molecular weight excluding hydrogens is 204 g/mol. The molecule has 1 aliphatic carbocycles. The fourth-order valence-corrected chi connectivity index (χ4v) is 2.44. The minimum absolute atomic E-state index is 0.0116. The standard InChI is InChI=1S/C13H14O3/c14-12-10-7-15-8-11(12)13(10)16-6-9-4-2-1-3-5-9/h1-5,10-11,13H,6-8H2/t10-,11+,13?. The maximum absolute atomic E-state index is 11.5. The molecule has 1 saturated carbocycles. The molecule has 1 aromatic rings. The largest absolute Gasteiger partial charge is 0.380 e. The Morgan fingerprint density at radius 1 is 1.19 bits per heavy atom. The Balaban J connectivity index is 1.59. The Bertz CT molecular complexity index is 373. The van der Waals surface area contributed by atoms with Crippen LogP contribution in [0.5, 0.6) is 0 Å². The van der Waals surface area contributed by atoms with E-state index >= 15 is 0 Å². The van der Waals surface area contributed by atoms with Crippen molar-refractivity contribution in [3.63, 3.8) is 0 Å². The van der Waals surface area contributed by atoms with Crippen molar-refractivity contribution in [1.82, 2.24) is 0 Å². The monoisotopic (exact) mass is 218 g/mol. The first-order valence-electron chi connectivity index (χ1n) is 5.63. The lowest BCUT2D eigenvalue weighted by atomic mass is 9.69. The van der Waals surface area contributed by atoms with Crippen molar-refractivity contribution in [3.05, 3.63) is 35.9 Å². The Morgan fingerprint density at radius 3 is 2.50 bits per heavy atom. The van der Waals surface area contributed by atoms with Gasteiger partial charge in [0.2, 0.25) is 0 Å². The average Bonchev–Trinajstić information content (AvgIpc) is 2.37. The minimum atomic E-state index is -0.0116. The van der Waals surface area contributed by atoms with Crippen molar-refractivity contribution in [3.8, 4) is 0 Å². The molecule has 16 heavy (non-hydrogen) atoms. The van der Waals surface area contributed by atoms with Gasteiger partial charge in [0.05, 0.1) is 37.8 Å². The van der Waals surface area contributed by atoms with Crippen LogP contribution in [0, 0.1) is 11.8 Å². The summed E-state index contributed by atoms with van der Waals surface area (Å²) in [5.41, 5.74) is 1.15. The predicted octanol–water partition coefficient (Wildman–Crippen LogP) is 1.42.